The van der Waals surface area contributed by atoms with Crippen LogP contribution in [0.3, 0.4) is 0 Å². The zero-order valence-corrected chi connectivity index (χ0v) is 19.0. The fourth-order valence-corrected chi connectivity index (χ4v) is 4.57. The molecule has 5 heteroatoms. The molecule has 2 aliphatic heterocycles. The highest BCUT2D eigenvalue weighted by Crippen LogP contribution is 2.35. The number of amides is 2. The van der Waals surface area contributed by atoms with Crippen molar-refractivity contribution < 1.29 is 9.59 Å². The van der Waals surface area contributed by atoms with E-state index in [1.165, 1.54) is 23.4 Å². The van der Waals surface area contributed by atoms with Crippen LogP contribution >= 0.6 is 0 Å². The van der Waals surface area contributed by atoms with Gasteiger partial charge in [0.25, 0.3) is 11.8 Å². The molecule has 0 unspecified atom stereocenters. The van der Waals surface area contributed by atoms with Gasteiger partial charge in [-0.2, -0.15) is 0 Å². The Morgan fingerprint density at radius 2 is 1.48 bits per heavy atom. The molecule has 5 nitrogen and oxygen atoms in total. The van der Waals surface area contributed by atoms with Crippen molar-refractivity contribution in [3.63, 3.8) is 0 Å². The first-order valence-corrected chi connectivity index (χ1v) is 11.4. The summed E-state index contributed by atoms with van der Waals surface area (Å²) in [4.78, 5) is 30.9. The highest BCUT2D eigenvalue weighted by atomic mass is 16.2. The number of hydrogen-bond donors (Lipinski definition) is 1. The molecule has 2 aliphatic rings. The second kappa shape index (κ2) is 8.58. The van der Waals surface area contributed by atoms with Crippen LogP contribution in [0.25, 0.3) is 5.57 Å². The lowest BCUT2D eigenvalue weighted by Gasteiger charge is -2.19. The largest absolute Gasteiger partial charge is 0.372 e. The van der Waals surface area contributed by atoms with Crippen molar-refractivity contribution in [2.24, 2.45) is 0 Å². The lowest BCUT2D eigenvalue weighted by Crippen LogP contribution is -2.33. The van der Waals surface area contributed by atoms with Crippen LogP contribution in [-0.2, 0) is 9.59 Å². The quantitative estimate of drug-likeness (QED) is 0.551. The van der Waals surface area contributed by atoms with E-state index in [9.17, 15) is 9.59 Å². The van der Waals surface area contributed by atoms with Gasteiger partial charge in [-0.25, -0.2) is 4.90 Å². The number of anilines is 3. The smallest absolute Gasteiger partial charge is 0.282 e. The van der Waals surface area contributed by atoms with E-state index >= 15 is 0 Å². The van der Waals surface area contributed by atoms with E-state index in [4.69, 9.17) is 0 Å². The average Bonchev–Trinajstić information content (AvgIpc) is 3.44. The lowest BCUT2D eigenvalue weighted by molar-refractivity contribution is -0.120. The molecule has 0 aromatic heterocycles. The number of nitrogens with zero attached hydrogens (tertiary/aromatic N) is 2. The summed E-state index contributed by atoms with van der Waals surface area (Å²) in [6.07, 6.45) is 2.44. The van der Waals surface area contributed by atoms with Gasteiger partial charge in [0, 0.05) is 24.5 Å². The Bertz CT molecular complexity index is 1240. The monoisotopic (exact) mass is 437 g/mol. The van der Waals surface area contributed by atoms with Crippen LogP contribution in [0.2, 0.25) is 0 Å². The summed E-state index contributed by atoms with van der Waals surface area (Å²) in [6, 6.07) is 23.3. The summed E-state index contributed by atoms with van der Waals surface area (Å²) >= 11 is 0. The third kappa shape index (κ3) is 3.91. The van der Waals surface area contributed by atoms with Gasteiger partial charge >= 0.3 is 0 Å². The van der Waals surface area contributed by atoms with Gasteiger partial charge in [-0.15, -0.1) is 0 Å². The molecule has 1 saturated heterocycles. The summed E-state index contributed by atoms with van der Waals surface area (Å²) in [7, 11) is 0. The summed E-state index contributed by atoms with van der Waals surface area (Å²) in [5.41, 5.74) is 5.89. The van der Waals surface area contributed by atoms with Crippen molar-refractivity contribution in [1.29, 1.82) is 0 Å². The van der Waals surface area contributed by atoms with Gasteiger partial charge in [0.1, 0.15) is 5.70 Å². The van der Waals surface area contributed by atoms with E-state index in [1.807, 2.05) is 74.5 Å². The van der Waals surface area contributed by atoms with Crippen LogP contribution in [0.15, 0.2) is 78.5 Å². The molecule has 166 valence electrons. The summed E-state index contributed by atoms with van der Waals surface area (Å²) < 4.78 is 0. The molecule has 2 amide bonds. The zero-order chi connectivity index (χ0) is 22.9. The van der Waals surface area contributed by atoms with Gasteiger partial charge in [0.15, 0.2) is 0 Å². The van der Waals surface area contributed by atoms with Crippen molar-refractivity contribution in [3.05, 3.63) is 95.2 Å². The average molecular weight is 438 g/mol. The first-order chi connectivity index (χ1) is 16.0. The first kappa shape index (κ1) is 21.0. The Hall–Kier alpha value is -3.86. The highest BCUT2D eigenvalue weighted by molar-refractivity contribution is 6.46. The fraction of sp³-hybridized carbons (Fsp3) is 0.214. The summed E-state index contributed by atoms with van der Waals surface area (Å²) in [5.74, 6) is -0.646. The number of nitrogens with one attached hydrogen (secondary N) is 1. The standard InChI is InChI=1S/C28H27N3O2/c1-19-10-11-20(2)24(18-19)31-27(32)25(21-8-4-3-5-9-21)26(28(31)33)29-22-12-14-23(15-13-22)30-16-6-7-17-30/h3-5,8-15,18,29H,6-7,16-17H2,1-2H3. The Morgan fingerprint density at radius 1 is 0.788 bits per heavy atom. The topological polar surface area (TPSA) is 52.7 Å². The maximum Gasteiger partial charge on any atom is 0.282 e. The van der Waals surface area contributed by atoms with Crippen LogP contribution in [0, 0.1) is 13.8 Å². The maximum absolute atomic E-state index is 13.6. The van der Waals surface area contributed by atoms with Crippen molar-refractivity contribution in [1.82, 2.24) is 0 Å². The third-order valence-electron chi connectivity index (χ3n) is 6.36. The predicted molar refractivity (Wildman–Crippen MR) is 133 cm³/mol. The Kier molecular flexibility index (Phi) is 5.47. The minimum Gasteiger partial charge on any atom is -0.372 e. The lowest BCUT2D eigenvalue weighted by atomic mass is 10.0. The Balaban J connectivity index is 1.53. The van der Waals surface area contributed by atoms with Crippen molar-refractivity contribution >= 4 is 34.4 Å². The second-order valence-corrected chi connectivity index (χ2v) is 8.72. The number of carbonyl (C=O) groups excluding carboxylic acids is 2. The van der Waals surface area contributed by atoms with Crippen molar-refractivity contribution in [2.75, 3.05) is 28.2 Å². The summed E-state index contributed by atoms with van der Waals surface area (Å²) in [5, 5.41) is 3.27. The molecule has 0 aliphatic carbocycles. The minimum atomic E-state index is -0.337. The molecule has 1 fully saturated rings. The van der Waals surface area contributed by atoms with Gasteiger partial charge in [-0.3, -0.25) is 9.59 Å². The predicted octanol–water partition coefficient (Wildman–Crippen LogP) is 5.30. The molecular formula is C28H27N3O2. The molecule has 0 spiro atoms. The minimum absolute atomic E-state index is 0.307. The van der Waals surface area contributed by atoms with Crippen LogP contribution in [-0.4, -0.2) is 24.9 Å². The number of carbonyl (C=O) groups is 2. The Labute approximate surface area is 194 Å². The molecule has 2 heterocycles. The number of hydrogen-bond acceptors (Lipinski definition) is 4. The molecule has 0 atom stereocenters. The number of imide groups is 1. The molecule has 1 N–H and O–H groups in total. The number of benzene rings is 3. The maximum atomic E-state index is 13.6. The van der Waals surface area contributed by atoms with Crippen molar-refractivity contribution in [2.45, 2.75) is 26.7 Å². The fourth-order valence-electron chi connectivity index (χ4n) is 4.57. The molecule has 3 aromatic rings. The third-order valence-corrected chi connectivity index (χ3v) is 6.36. The van der Waals surface area contributed by atoms with E-state index in [0.29, 0.717) is 17.0 Å². The number of aryl methyl sites for hydroxylation is 2. The van der Waals surface area contributed by atoms with Gasteiger partial charge < -0.3 is 10.2 Å². The molecular weight excluding hydrogens is 410 g/mol. The van der Waals surface area contributed by atoms with Crippen LogP contribution in [0.4, 0.5) is 17.1 Å². The normalized spacial score (nSPS) is 16.2. The van der Waals surface area contributed by atoms with Gasteiger partial charge in [-0.05, 0) is 73.7 Å². The van der Waals surface area contributed by atoms with E-state index in [2.05, 4.69) is 22.3 Å². The molecule has 33 heavy (non-hydrogen) atoms. The SMILES string of the molecule is Cc1ccc(C)c(N2C(=O)C(Nc3ccc(N4CCCC4)cc3)=C(c3ccccc3)C2=O)c1. The molecule has 3 aromatic carbocycles. The van der Waals surface area contributed by atoms with Crippen LogP contribution in [0.5, 0.6) is 0 Å². The Morgan fingerprint density at radius 3 is 2.18 bits per heavy atom. The second-order valence-electron chi connectivity index (χ2n) is 8.72. The molecule has 0 bridgehead atoms. The number of rotatable bonds is 5. The van der Waals surface area contributed by atoms with E-state index < -0.39 is 0 Å². The molecule has 0 radical (unpaired) electrons. The van der Waals surface area contributed by atoms with Crippen LogP contribution in [0.1, 0.15) is 29.5 Å². The van der Waals surface area contributed by atoms with Gasteiger partial charge in [0.05, 0.1) is 11.3 Å². The van der Waals surface area contributed by atoms with Crippen LogP contribution < -0.4 is 15.1 Å². The van der Waals surface area contributed by atoms with E-state index in [-0.39, 0.29) is 11.8 Å². The molecule has 0 saturated carbocycles. The highest BCUT2D eigenvalue weighted by Gasteiger charge is 2.40. The van der Waals surface area contributed by atoms with Crippen molar-refractivity contribution in [3.8, 4) is 0 Å². The summed E-state index contributed by atoms with van der Waals surface area (Å²) in [6.45, 7) is 6.03. The van der Waals surface area contributed by atoms with E-state index in [0.717, 1.165) is 35.5 Å². The van der Waals surface area contributed by atoms with Gasteiger partial charge in [-0.1, -0.05) is 42.5 Å². The van der Waals surface area contributed by atoms with E-state index in [1.54, 1.807) is 0 Å². The zero-order valence-electron chi connectivity index (χ0n) is 19.0. The molecule has 5 rings (SSSR count). The van der Waals surface area contributed by atoms with Gasteiger partial charge in [0.2, 0.25) is 0 Å². The first-order valence-electron chi connectivity index (χ1n) is 11.4.